The van der Waals surface area contributed by atoms with Gasteiger partial charge in [0.15, 0.2) is 5.56 Å². The van der Waals surface area contributed by atoms with E-state index in [-0.39, 0.29) is 30.2 Å². The lowest BCUT2D eigenvalue weighted by molar-refractivity contribution is -0.136. The van der Waals surface area contributed by atoms with Crippen LogP contribution in [0.1, 0.15) is 41.6 Å². The van der Waals surface area contributed by atoms with Crippen LogP contribution >= 0.6 is 0 Å². The lowest BCUT2D eigenvalue weighted by atomic mass is 10.2. The van der Waals surface area contributed by atoms with Gasteiger partial charge in [-0.3, -0.25) is 19.0 Å². The number of aromatic hydroxyl groups is 1. The third-order valence-corrected chi connectivity index (χ3v) is 6.56. The quantitative estimate of drug-likeness (QED) is 0.517. The molecule has 0 unspecified atom stereocenters. The lowest BCUT2D eigenvalue weighted by Crippen LogP contribution is -2.50. The van der Waals surface area contributed by atoms with E-state index in [9.17, 15) is 23.9 Å². The van der Waals surface area contributed by atoms with Crippen LogP contribution in [0, 0.1) is 0 Å². The molecule has 2 aromatic heterocycles. The Bertz CT molecular complexity index is 1240. The van der Waals surface area contributed by atoms with E-state index in [0.717, 1.165) is 17.4 Å². The summed E-state index contributed by atoms with van der Waals surface area (Å²) in [6.07, 6.45) is 6.39. The van der Waals surface area contributed by atoms with E-state index in [1.807, 2.05) is 0 Å². The molecule has 11 nitrogen and oxygen atoms in total. The number of nitrogens with one attached hydrogen (secondary N) is 1. The van der Waals surface area contributed by atoms with Gasteiger partial charge in [0.25, 0.3) is 11.5 Å². The number of hydrogen-bond donors (Lipinski definition) is 2. The van der Waals surface area contributed by atoms with Crippen molar-refractivity contribution in [3.05, 3.63) is 33.8 Å². The monoisotopic (exact) mass is 489 g/mol. The Morgan fingerprint density at radius 3 is 2.86 bits per heavy atom. The van der Waals surface area contributed by atoms with Gasteiger partial charge in [-0.15, -0.1) is 0 Å². The SMILES string of the molecule is COC[C@@H]1COCCN1C(=O)/C=C/c1cnn2c(=O)c(C(=O)NC3CC3)c(O)n(CC3(F)CC3)c12. The first-order valence-corrected chi connectivity index (χ1v) is 11.7. The van der Waals surface area contributed by atoms with Crippen molar-refractivity contribution in [3.63, 3.8) is 0 Å². The summed E-state index contributed by atoms with van der Waals surface area (Å²) in [6.45, 7) is 1.26. The van der Waals surface area contributed by atoms with Crippen LogP contribution in [0.2, 0.25) is 0 Å². The number of ether oxygens (including phenoxy) is 2. The maximum absolute atomic E-state index is 14.8. The molecular weight excluding hydrogens is 461 g/mol. The van der Waals surface area contributed by atoms with Gasteiger partial charge >= 0.3 is 0 Å². The third kappa shape index (κ3) is 4.67. The third-order valence-electron chi connectivity index (χ3n) is 6.56. The number of alkyl halides is 1. The molecule has 5 rings (SSSR count). The van der Waals surface area contributed by atoms with Gasteiger partial charge in [-0.2, -0.15) is 9.61 Å². The zero-order chi connectivity index (χ0) is 24.7. The number of halogens is 1. The van der Waals surface area contributed by atoms with Crippen molar-refractivity contribution in [1.29, 1.82) is 0 Å². The normalized spacial score (nSPS) is 21.5. The van der Waals surface area contributed by atoms with Gasteiger partial charge in [-0.1, -0.05) is 0 Å². The largest absolute Gasteiger partial charge is 0.494 e. The minimum absolute atomic E-state index is 0.0364. The molecule has 35 heavy (non-hydrogen) atoms. The van der Waals surface area contributed by atoms with Gasteiger partial charge < -0.3 is 24.8 Å². The number of nitrogens with zero attached hydrogens (tertiary/aromatic N) is 4. The highest BCUT2D eigenvalue weighted by molar-refractivity contribution is 5.97. The summed E-state index contributed by atoms with van der Waals surface area (Å²) >= 11 is 0. The van der Waals surface area contributed by atoms with Crippen LogP contribution in [0.25, 0.3) is 11.7 Å². The summed E-state index contributed by atoms with van der Waals surface area (Å²) in [6, 6.07) is -0.267. The molecule has 0 aromatic carbocycles. The summed E-state index contributed by atoms with van der Waals surface area (Å²) in [7, 11) is 1.55. The van der Waals surface area contributed by atoms with Crippen molar-refractivity contribution < 1.29 is 28.6 Å². The Balaban J connectivity index is 1.52. The van der Waals surface area contributed by atoms with Crippen LogP contribution in [0.3, 0.4) is 0 Å². The second-order valence-corrected chi connectivity index (χ2v) is 9.37. The summed E-state index contributed by atoms with van der Waals surface area (Å²) in [5.41, 5.74) is -2.38. The maximum atomic E-state index is 14.8. The molecule has 12 heteroatoms. The molecule has 0 bridgehead atoms. The minimum atomic E-state index is -1.54. The lowest BCUT2D eigenvalue weighted by Gasteiger charge is -2.34. The molecule has 2 aliphatic carbocycles. The molecule has 3 heterocycles. The Kier molecular flexibility index (Phi) is 6.09. The number of carbonyl (C=O) groups is 2. The smallest absolute Gasteiger partial charge is 0.291 e. The van der Waals surface area contributed by atoms with Crippen LogP contribution in [-0.4, -0.2) is 87.2 Å². The van der Waals surface area contributed by atoms with Crippen molar-refractivity contribution in [2.24, 2.45) is 0 Å². The molecule has 3 fully saturated rings. The standard InChI is InChI=1S/C23H28FN5O6/c1-34-11-16-12-35-9-8-27(16)17(30)5-2-14-10-25-29-20(14)28(13-23(24)6-7-23)21(32)18(22(29)33)19(31)26-15-3-4-15/h2,5,10,15-16,32H,3-4,6-9,11-13H2,1H3,(H,26,31)/b5-2+/t16-/m1/s1. The number of aromatic nitrogens is 3. The number of rotatable bonds is 8. The van der Waals surface area contributed by atoms with Crippen LogP contribution in [0.4, 0.5) is 4.39 Å². The topological polar surface area (TPSA) is 127 Å². The first-order valence-electron chi connectivity index (χ1n) is 11.7. The van der Waals surface area contributed by atoms with E-state index >= 15 is 0 Å². The second kappa shape index (κ2) is 9.08. The maximum Gasteiger partial charge on any atom is 0.291 e. The molecule has 1 aliphatic heterocycles. The molecular formula is C23H28FN5O6. The van der Waals surface area contributed by atoms with E-state index in [0.29, 0.717) is 44.8 Å². The van der Waals surface area contributed by atoms with Gasteiger partial charge in [-0.05, 0) is 31.8 Å². The zero-order valence-corrected chi connectivity index (χ0v) is 19.4. The van der Waals surface area contributed by atoms with Crippen molar-refractivity contribution in [1.82, 2.24) is 24.4 Å². The number of hydrogen-bond acceptors (Lipinski definition) is 7. The van der Waals surface area contributed by atoms with Gasteiger partial charge in [0.05, 0.1) is 38.6 Å². The number of methoxy groups -OCH3 is 1. The van der Waals surface area contributed by atoms with Gasteiger partial charge in [0, 0.05) is 31.3 Å². The second-order valence-electron chi connectivity index (χ2n) is 9.37. The Morgan fingerprint density at radius 1 is 1.40 bits per heavy atom. The van der Waals surface area contributed by atoms with E-state index in [2.05, 4.69) is 10.4 Å². The molecule has 188 valence electrons. The van der Waals surface area contributed by atoms with Crippen LogP contribution < -0.4 is 10.9 Å². The highest BCUT2D eigenvalue weighted by atomic mass is 19.1. The highest BCUT2D eigenvalue weighted by Gasteiger charge is 2.45. The molecule has 2 N–H and O–H groups in total. The Labute approximate surface area is 200 Å². The fourth-order valence-electron chi connectivity index (χ4n) is 4.27. The van der Waals surface area contributed by atoms with Crippen molar-refractivity contribution >= 4 is 23.5 Å². The average Bonchev–Trinajstić information content (AvgIpc) is 3.75. The molecule has 2 amide bonds. The summed E-state index contributed by atoms with van der Waals surface area (Å²) in [5.74, 6) is -1.61. The van der Waals surface area contributed by atoms with E-state index in [1.54, 1.807) is 12.0 Å². The Hall–Kier alpha value is -3.25. The zero-order valence-electron chi connectivity index (χ0n) is 19.4. The van der Waals surface area contributed by atoms with Gasteiger partial charge in [-0.25, -0.2) is 4.39 Å². The van der Waals surface area contributed by atoms with Crippen LogP contribution in [0.5, 0.6) is 5.88 Å². The number of carbonyl (C=O) groups excluding carboxylic acids is 2. The predicted octanol–water partition coefficient (Wildman–Crippen LogP) is 0.483. The summed E-state index contributed by atoms with van der Waals surface area (Å²) in [4.78, 5) is 40.3. The van der Waals surface area contributed by atoms with Crippen molar-refractivity contribution in [3.8, 4) is 5.88 Å². The fraction of sp³-hybridized carbons (Fsp3) is 0.565. The molecule has 0 radical (unpaired) electrons. The molecule has 2 aromatic rings. The fourth-order valence-corrected chi connectivity index (χ4v) is 4.27. The van der Waals surface area contributed by atoms with Crippen molar-refractivity contribution in [2.45, 2.75) is 50.0 Å². The number of morpholine rings is 1. The molecule has 1 atom stereocenters. The van der Waals surface area contributed by atoms with E-state index in [1.165, 1.54) is 22.9 Å². The first-order chi connectivity index (χ1) is 16.8. The van der Waals surface area contributed by atoms with Crippen LogP contribution in [0.15, 0.2) is 17.1 Å². The predicted molar refractivity (Wildman–Crippen MR) is 122 cm³/mol. The Morgan fingerprint density at radius 2 is 2.17 bits per heavy atom. The molecule has 1 saturated heterocycles. The van der Waals surface area contributed by atoms with Gasteiger partial charge in [0.1, 0.15) is 11.3 Å². The van der Waals surface area contributed by atoms with Crippen LogP contribution in [-0.2, 0) is 20.8 Å². The molecule has 2 saturated carbocycles. The van der Waals surface area contributed by atoms with Gasteiger partial charge in [0.2, 0.25) is 11.8 Å². The number of fused-ring (bicyclic) bond motifs is 1. The first kappa shape index (κ1) is 23.5. The molecule has 0 spiro atoms. The number of amides is 2. The molecule has 3 aliphatic rings. The minimum Gasteiger partial charge on any atom is -0.494 e. The average molecular weight is 490 g/mol. The summed E-state index contributed by atoms with van der Waals surface area (Å²) in [5, 5.41) is 17.7. The summed E-state index contributed by atoms with van der Waals surface area (Å²) < 4.78 is 27.6. The van der Waals surface area contributed by atoms with E-state index < -0.39 is 28.6 Å². The van der Waals surface area contributed by atoms with Crippen molar-refractivity contribution in [2.75, 3.05) is 33.5 Å². The highest BCUT2D eigenvalue weighted by Crippen LogP contribution is 2.42. The van der Waals surface area contributed by atoms with E-state index in [4.69, 9.17) is 9.47 Å².